The Morgan fingerprint density at radius 2 is 2.29 bits per heavy atom. The van der Waals surface area contributed by atoms with Crippen LogP contribution >= 0.6 is 0 Å². The molecule has 1 atom stereocenters. The lowest BCUT2D eigenvalue weighted by molar-refractivity contribution is 0.0704. The highest BCUT2D eigenvalue weighted by atomic mass is 32.2. The summed E-state index contributed by atoms with van der Waals surface area (Å²) in [5, 5.41) is 3.54. The third-order valence-corrected chi connectivity index (χ3v) is 4.77. The van der Waals surface area contributed by atoms with E-state index in [-0.39, 0.29) is 29.2 Å². The van der Waals surface area contributed by atoms with Crippen LogP contribution < -0.4 is 0 Å². The number of carbonyl (C=O) groups is 1. The Bertz CT molecular complexity index is 534. The van der Waals surface area contributed by atoms with E-state index in [0.29, 0.717) is 12.0 Å². The fourth-order valence-corrected chi connectivity index (χ4v) is 3.68. The second-order valence-corrected chi connectivity index (χ2v) is 6.54. The highest BCUT2D eigenvalue weighted by Gasteiger charge is 2.34. The summed E-state index contributed by atoms with van der Waals surface area (Å²) in [6.07, 6.45) is 1.95. The number of carbonyl (C=O) groups excluding carboxylic acids is 1. The number of hydrogen-bond acceptors (Lipinski definition) is 5. The van der Waals surface area contributed by atoms with Crippen molar-refractivity contribution in [2.24, 2.45) is 0 Å². The maximum atomic E-state index is 12.0. The topological polar surface area (TPSA) is 80.5 Å². The van der Waals surface area contributed by atoms with Crippen molar-refractivity contribution in [3.63, 3.8) is 0 Å². The van der Waals surface area contributed by atoms with Gasteiger partial charge in [0.05, 0.1) is 17.7 Å². The quantitative estimate of drug-likeness (QED) is 0.759. The molecule has 1 aromatic rings. The largest absolute Gasteiger partial charge is 0.351 e. The van der Waals surface area contributed by atoms with Crippen molar-refractivity contribution in [3.8, 4) is 0 Å². The third-order valence-electron chi connectivity index (χ3n) is 3.02. The van der Waals surface area contributed by atoms with Crippen molar-refractivity contribution in [2.75, 3.05) is 18.6 Å². The molecule has 94 valence electrons. The summed E-state index contributed by atoms with van der Waals surface area (Å²) in [6, 6.07) is -0.267. The Morgan fingerprint density at radius 1 is 1.59 bits per heavy atom. The highest BCUT2D eigenvalue weighted by Crippen LogP contribution is 2.19. The highest BCUT2D eigenvalue weighted by molar-refractivity contribution is 7.91. The Kier molecular flexibility index (Phi) is 2.94. The van der Waals surface area contributed by atoms with Gasteiger partial charge in [0.15, 0.2) is 9.84 Å². The number of sulfone groups is 1. The van der Waals surface area contributed by atoms with E-state index in [1.165, 1.54) is 11.1 Å². The van der Waals surface area contributed by atoms with E-state index >= 15 is 0 Å². The first kappa shape index (κ1) is 12.1. The molecule has 0 aliphatic carbocycles. The lowest BCUT2D eigenvalue weighted by Crippen LogP contribution is -2.37. The zero-order chi connectivity index (χ0) is 12.6. The van der Waals surface area contributed by atoms with Gasteiger partial charge in [0, 0.05) is 18.7 Å². The molecule has 0 N–H and O–H groups in total. The summed E-state index contributed by atoms with van der Waals surface area (Å²) >= 11 is 0. The molecule has 1 fully saturated rings. The minimum absolute atomic E-state index is 0.0302. The Balaban J connectivity index is 2.14. The van der Waals surface area contributed by atoms with Crippen LogP contribution in [0.2, 0.25) is 0 Å². The van der Waals surface area contributed by atoms with Gasteiger partial charge in [0.25, 0.3) is 5.91 Å². The summed E-state index contributed by atoms with van der Waals surface area (Å²) in [6.45, 7) is 1.73. The number of amides is 1. The van der Waals surface area contributed by atoms with E-state index in [9.17, 15) is 13.2 Å². The van der Waals surface area contributed by atoms with E-state index in [1.54, 1.807) is 14.0 Å². The van der Waals surface area contributed by atoms with Gasteiger partial charge in [-0.1, -0.05) is 5.16 Å². The van der Waals surface area contributed by atoms with Crippen LogP contribution in [-0.2, 0) is 9.84 Å². The van der Waals surface area contributed by atoms with Gasteiger partial charge in [-0.05, 0) is 13.3 Å². The maximum absolute atomic E-state index is 12.0. The molecule has 2 heterocycles. The summed E-state index contributed by atoms with van der Waals surface area (Å²) < 4.78 is 27.6. The maximum Gasteiger partial charge on any atom is 0.292 e. The second-order valence-electron chi connectivity index (χ2n) is 4.31. The zero-order valence-corrected chi connectivity index (χ0v) is 10.5. The van der Waals surface area contributed by atoms with Crippen molar-refractivity contribution >= 4 is 15.7 Å². The molecule has 0 saturated carbocycles. The molecule has 1 amide bonds. The minimum atomic E-state index is -2.99. The number of rotatable bonds is 2. The molecular weight excluding hydrogens is 244 g/mol. The van der Waals surface area contributed by atoms with E-state index in [1.807, 2.05) is 0 Å². The molecule has 1 unspecified atom stereocenters. The first-order chi connectivity index (χ1) is 7.91. The van der Waals surface area contributed by atoms with Crippen LogP contribution in [0.25, 0.3) is 0 Å². The third kappa shape index (κ3) is 2.33. The van der Waals surface area contributed by atoms with Crippen LogP contribution in [0, 0.1) is 6.92 Å². The number of hydrogen-bond donors (Lipinski definition) is 0. The summed E-state index contributed by atoms with van der Waals surface area (Å²) in [4.78, 5) is 13.5. The molecule has 1 saturated heterocycles. The summed E-state index contributed by atoms with van der Waals surface area (Å²) in [5.74, 6) is 0.0338. The number of aromatic nitrogens is 1. The van der Waals surface area contributed by atoms with Gasteiger partial charge in [-0.15, -0.1) is 0 Å². The van der Waals surface area contributed by atoms with E-state index < -0.39 is 9.84 Å². The van der Waals surface area contributed by atoms with Crippen LogP contribution in [-0.4, -0.2) is 49.0 Å². The number of nitrogens with zero attached hydrogens (tertiary/aromatic N) is 2. The summed E-state index contributed by atoms with van der Waals surface area (Å²) in [7, 11) is -1.40. The first-order valence-corrected chi connectivity index (χ1v) is 7.12. The predicted octanol–water partition coefficient (Wildman–Crippen LogP) is 0.242. The lowest BCUT2D eigenvalue weighted by Gasteiger charge is -2.22. The van der Waals surface area contributed by atoms with E-state index in [2.05, 4.69) is 5.16 Å². The van der Waals surface area contributed by atoms with Crippen LogP contribution in [0.3, 0.4) is 0 Å². The van der Waals surface area contributed by atoms with Crippen LogP contribution in [0.1, 0.15) is 22.5 Å². The standard InChI is InChI=1S/C10H14N2O4S/c1-7-5-11-16-9(7)10(13)12(2)8-3-4-17(14,15)6-8/h5,8H,3-4,6H2,1-2H3. The van der Waals surface area contributed by atoms with E-state index in [4.69, 9.17) is 4.52 Å². The lowest BCUT2D eigenvalue weighted by atomic mass is 10.2. The van der Waals surface area contributed by atoms with Crippen molar-refractivity contribution in [1.82, 2.24) is 10.1 Å². The molecule has 17 heavy (non-hydrogen) atoms. The van der Waals surface area contributed by atoms with Gasteiger partial charge in [-0.25, -0.2) is 8.42 Å². The molecule has 2 rings (SSSR count). The molecule has 0 aromatic carbocycles. The summed E-state index contributed by atoms with van der Waals surface area (Å²) in [5.41, 5.74) is 0.655. The minimum Gasteiger partial charge on any atom is -0.351 e. The molecule has 1 aromatic heterocycles. The smallest absolute Gasteiger partial charge is 0.292 e. The molecule has 0 bridgehead atoms. The van der Waals surface area contributed by atoms with Crippen LogP contribution in [0.4, 0.5) is 0 Å². The molecule has 7 heteroatoms. The molecular formula is C10H14N2O4S. The SMILES string of the molecule is Cc1cnoc1C(=O)N(C)C1CCS(=O)(=O)C1. The van der Waals surface area contributed by atoms with Gasteiger partial charge in [-0.3, -0.25) is 4.79 Å². The van der Waals surface area contributed by atoms with Gasteiger partial charge in [0.2, 0.25) is 5.76 Å². The van der Waals surface area contributed by atoms with Crippen LogP contribution in [0.5, 0.6) is 0 Å². The first-order valence-electron chi connectivity index (χ1n) is 5.29. The van der Waals surface area contributed by atoms with Crippen molar-refractivity contribution in [1.29, 1.82) is 0 Å². The monoisotopic (exact) mass is 258 g/mol. The zero-order valence-electron chi connectivity index (χ0n) is 9.71. The Morgan fingerprint density at radius 3 is 2.76 bits per heavy atom. The molecule has 1 aliphatic heterocycles. The Hall–Kier alpha value is -1.37. The molecule has 6 nitrogen and oxygen atoms in total. The molecule has 0 spiro atoms. The van der Waals surface area contributed by atoms with E-state index in [0.717, 1.165) is 0 Å². The Labute approximate surface area is 99.5 Å². The molecule has 1 aliphatic rings. The second kappa shape index (κ2) is 4.14. The fraction of sp³-hybridized carbons (Fsp3) is 0.600. The van der Waals surface area contributed by atoms with Gasteiger partial charge in [-0.2, -0.15) is 0 Å². The van der Waals surface area contributed by atoms with Crippen molar-refractivity contribution in [2.45, 2.75) is 19.4 Å². The van der Waals surface area contributed by atoms with Gasteiger partial charge in [0.1, 0.15) is 0 Å². The predicted molar refractivity (Wildman–Crippen MR) is 60.4 cm³/mol. The average molecular weight is 258 g/mol. The fourth-order valence-electron chi connectivity index (χ4n) is 1.90. The van der Waals surface area contributed by atoms with Gasteiger partial charge >= 0.3 is 0 Å². The van der Waals surface area contributed by atoms with Gasteiger partial charge < -0.3 is 9.42 Å². The van der Waals surface area contributed by atoms with Crippen molar-refractivity contribution in [3.05, 3.63) is 17.5 Å². The van der Waals surface area contributed by atoms with Crippen LogP contribution in [0.15, 0.2) is 10.7 Å². The number of aryl methyl sites for hydroxylation is 1. The molecule has 0 radical (unpaired) electrons. The normalized spacial score (nSPS) is 22.6. The van der Waals surface area contributed by atoms with Crippen molar-refractivity contribution < 1.29 is 17.7 Å². The average Bonchev–Trinajstić information content (AvgIpc) is 2.82.